The Balaban J connectivity index is 1.59. The summed E-state index contributed by atoms with van der Waals surface area (Å²) in [5.74, 6) is -0.900. The van der Waals surface area contributed by atoms with E-state index in [0.29, 0.717) is 19.4 Å². The number of amides is 1. The molecule has 0 aromatic heterocycles. The number of rotatable bonds is 7. The van der Waals surface area contributed by atoms with E-state index in [9.17, 15) is 18.0 Å². The molecule has 1 fully saturated rings. The molecule has 1 aliphatic heterocycles. The van der Waals surface area contributed by atoms with Crippen molar-refractivity contribution in [1.82, 2.24) is 5.32 Å². The molecule has 0 bridgehead atoms. The van der Waals surface area contributed by atoms with Crippen LogP contribution < -0.4 is 5.32 Å². The van der Waals surface area contributed by atoms with Gasteiger partial charge < -0.3 is 10.1 Å². The van der Waals surface area contributed by atoms with Crippen LogP contribution in [0.4, 0.5) is 0 Å². The highest BCUT2D eigenvalue weighted by atomic mass is 32.2. The number of carbonyl (C=O) groups excluding carboxylic acids is 2. The molecule has 1 aliphatic rings. The Hall–Kier alpha value is -1.89. The summed E-state index contributed by atoms with van der Waals surface area (Å²) >= 11 is 0. The highest BCUT2D eigenvalue weighted by molar-refractivity contribution is 7.91. The summed E-state index contributed by atoms with van der Waals surface area (Å²) in [6.45, 7) is 0.147. The number of ether oxygens (including phenoxy) is 1. The smallest absolute Gasteiger partial charge is 0.306 e. The number of sulfone groups is 1. The fourth-order valence-electron chi connectivity index (χ4n) is 2.52. The summed E-state index contributed by atoms with van der Waals surface area (Å²) in [6, 6.07) is 9.74. The van der Waals surface area contributed by atoms with Crippen LogP contribution in [0.2, 0.25) is 0 Å². The summed E-state index contributed by atoms with van der Waals surface area (Å²) in [5.41, 5.74) is 1.12. The highest BCUT2D eigenvalue weighted by Crippen LogP contribution is 2.21. The molecule has 1 aromatic carbocycles. The largest absolute Gasteiger partial charge is 0.456 e. The van der Waals surface area contributed by atoms with Gasteiger partial charge in [-0.15, -0.1) is 0 Å². The second-order valence-corrected chi connectivity index (χ2v) is 7.95. The van der Waals surface area contributed by atoms with Crippen LogP contribution in [-0.4, -0.2) is 45.0 Å². The van der Waals surface area contributed by atoms with Gasteiger partial charge in [0.05, 0.1) is 11.5 Å². The second kappa shape index (κ2) is 8.10. The van der Waals surface area contributed by atoms with Gasteiger partial charge in [0.1, 0.15) is 0 Å². The monoisotopic (exact) mass is 339 g/mol. The van der Waals surface area contributed by atoms with Crippen molar-refractivity contribution in [3.63, 3.8) is 0 Å². The fourth-order valence-corrected chi connectivity index (χ4v) is 4.38. The lowest BCUT2D eigenvalue weighted by atomic mass is 10.1. The van der Waals surface area contributed by atoms with Gasteiger partial charge >= 0.3 is 5.97 Å². The zero-order valence-electron chi connectivity index (χ0n) is 12.9. The molecule has 0 saturated carbocycles. The third-order valence-corrected chi connectivity index (χ3v) is 5.56. The molecule has 23 heavy (non-hydrogen) atoms. The molecule has 0 aliphatic carbocycles. The number of esters is 1. The zero-order chi connectivity index (χ0) is 16.7. The molecule has 0 radical (unpaired) electrons. The van der Waals surface area contributed by atoms with E-state index in [4.69, 9.17) is 4.74 Å². The maximum atomic E-state index is 11.6. The summed E-state index contributed by atoms with van der Waals surface area (Å²) in [6.07, 6.45) is 1.25. The Morgan fingerprint density at radius 3 is 2.61 bits per heavy atom. The third-order valence-electron chi connectivity index (χ3n) is 3.73. The van der Waals surface area contributed by atoms with Crippen molar-refractivity contribution in [2.24, 2.45) is 5.92 Å². The van der Waals surface area contributed by atoms with Crippen LogP contribution in [0.15, 0.2) is 30.3 Å². The van der Waals surface area contributed by atoms with Crippen molar-refractivity contribution in [3.8, 4) is 0 Å². The summed E-state index contributed by atoms with van der Waals surface area (Å²) in [5, 5.41) is 2.68. The van der Waals surface area contributed by atoms with Crippen molar-refractivity contribution < 1.29 is 22.7 Å². The molecule has 1 amide bonds. The lowest BCUT2D eigenvalue weighted by Crippen LogP contribution is -2.30. The van der Waals surface area contributed by atoms with Gasteiger partial charge in [0.15, 0.2) is 16.4 Å². The number of benzene rings is 1. The minimum Gasteiger partial charge on any atom is -0.456 e. The highest BCUT2D eigenvalue weighted by Gasteiger charge is 2.29. The number of nitrogens with one attached hydrogen (secondary N) is 1. The minimum atomic E-state index is -3.00. The van der Waals surface area contributed by atoms with E-state index in [1.165, 1.54) is 0 Å². The molecule has 1 atom stereocenters. The average molecular weight is 339 g/mol. The van der Waals surface area contributed by atoms with Crippen molar-refractivity contribution in [1.29, 1.82) is 0 Å². The summed E-state index contributed by atoms with van der Waals surface area (Å²) < 4.78 is 27.5. The molecule has 6 nitrogen and oxygen atoms in total. The predicted molar refractivity (Wildman–Crippen MR) is 85.5 cm³/mol. The molecule has 2 rings (SSSR count). The van der Waals surface area contributed by atoms with Gasteiger partial charge in [-0.2, -0.15) is 0 Å². The standard InChI is InChI=1S/C16H21NO5S/c18-15(17-8-6-13-4-2-1-3-5-13)11-22-16(19)10-14-7-9-23(20,21)12-14/h1-5,14H,6-12H2,(H,17,18)/t14-/m0/s1. The topological polar surface area (TPSA) is 89.5 Å². The number of hydrogen-bond acceptors (Lipinski definition) is 5. The zero-order valence-corrected chi connectivity index (χ0v) is 13.7. The first-order valence-corrected chi connectivity index (χ1v) is 9.43. The molecule has 0 spiro atoms. The molecule has 126 valence electrons. The average Bonchev–Trinajstić information content (AvgIpc) is 2.85. The molecule has 7 heteroatoms. The van der Waals surface area contributed by atoms with Crippen molar-refractivity contribution in [3.05, 3.63) is 35.9 Å². The van der Waals surface area contributed by atoms with Crippen LogP contribution >= 0.6 is 0 Å². The van der Waals surface area contributed by atoms with E-state index in [-0.39, 0.29) is 36.4 Å². The van der Waals surface area contributed by atoms with Gasteiger partial charge in [-0.3, -0.25) is 9.59 Å². The molecule has 1 heterocycles. The molecular formula is C16H21NO5S. The fraction of sp³-hybridized carbons (Fsp3) is 0.500. The first-order chi connectivity index (χ1) is 10.9. The van der Waals surface area contributed by atoms with E-state index in [1.807, 2.05) is 30.3 Å². The van der Waals surface area contributed by atoms with E-state index in [2.05, 4.69) is 5.32 Å². The Bertz CT molecular complexity index is 642. The molecular weight excluding hydrogens is 318 g/mol. The van der Waals surface area contributed by atoms with E-state index in [1.54, 1.807) is 0 Å². The van der Waals surface area contributed by atoms with Crippen LogP contribution in [0.3, 0.4) is 0 Å². The van der Waals surface area contributed by atoms with Gasteiger partial charge in [-0.1, -0.05) is 30.3 Å². The summed E-state index contributed by atoms with van der Waals surface area (Å²) in [7, 11) is -3.00. The first-order valence-electron chi connectivity index (χ1n) is 7.61. The normalized spacial score (nSPS) is 19.2. The maximum Gasteiger partial charge on any atom is 0.306 e. The van der Waals surface area contributed by atoms with Crippen LogP contribution in [0, 0.1) is 5.92 Å². The van der Waals surface area contributed by atoms with Gasteiger partial charge in [-0.25, -0.2) is 8.42 Å². The van der Waals surface area contributed by atoms with E-state index >= 15 is 0 Å². The predicted octanol–water partition coefficient (Wildman–Crippen LogP) is 0.713. The van der Waals surface area contributed by atoms with E-state index in [0.717, 1.165) is 5.56 Å². The quantitative estimate of drug-likeness (QED) is 0.739. The molecule has 1 saturated heterocycles. The van der Waals surface area contributed by atoms with Crippen molar-refractivity contribution >= 4 is 21.7 Å². The van der Waals surface area contributed by atoms with Crippen molar-refractivity contribution in [2.75, 3.05) is 24.7 Å². The van der Waals surface area contributed by atoms with Gasteiger partial charge in [0.25, 0.3) is 5.91 Å². The Morgan fingerprint density at radius 2 is 1.96 bits per heavy atom. The molecule has 1 aromatic rings. The van der Waals surface area contributed by atoms with E-state index < -0.39 is 15.8 Å². The first kappa shape index (κ1) is 17.5. The molecule has 0 unspecified atom stereocenters. The van der Waals surface area contributed by atoms with Gasteiger partial charge in [0, 0.05) is 13.0 Å². The second-order valence-electron chi connectivity index (χ2n) is 5.72. The van der Waals surface area contributed by atoms with Gasteiger partial charge in [-0.05, 0) is 24.3 Å². The lowest BCUT2D eigenvalue weighted by molar-refractivity contribution is -0.149. The Kier molecular flexibility index (Phi) is 6.15. The lowest BCUT2D eigenvalue weighted by Gasteiger charge is -2.09. The van der Waals surface area contributed by atoms with Crippen molar-refractivity contribution in [2.45, 2.75) is 19.3 Å². The maximum absolute atomic E-state index is 11.6. The molecule has 1 N–H and O–H groups in total. The third kappa shape index (κ3) is 6.40. The Morgan fingerprint density at radius 1 is 1.22 bits per heavy atom. The SMILES string of the molecule is O=C(COC(=O)C[C@@H]1CCS(=O)(=O)C1)NCCc1ccccc1. The number of hydrogen-bond donors (Lipinski definition) is 1. The Labute approximate surface area is 136 Å². The van der Waals surface area contributed by atoms with Crippen LogP contribution in [-0.2, 0) is 30.6 Å². The summed E-state index contributed by atoms with van der Waals surface area (Å²) in [4.78, 5) is 23.2. The van der Waals surface area contributed by atoms with Gasteiger partial charge in [0.2, 0.25) is 0 Å². The minimum absolute atomic E-state index is 0.0331. The number of carbonyl (C=O) groups is 2. The van der Waals surface area contributed by atoms with Crippen LogP contribution in [0.1, 0.15) is 18.4 Å². The van der Waals surface area contributed by atoms with Crippen LogP contribution in [0.25, 0.3) is 0 Å². The van der Waals surface area contributed by atoms with Crippen LogP contribution in [0.5, 0.6) is 0 Å².